The smallest absolute Gasteiger partial charge is 0.247 e. The second-order valence-corrected chi connectivity index (χ2v) is 5.80. The number of nitrogens with two attached hydrogens (primary N) is 1. The minimum absolute atomic E-state index is 0.0947. The Bertz CT molecular complexity index is 448. The Labute approximate surface area is 84.4 Å². The molecular formula is C6H6ClNO3S2. The van der Waals surface area contributed by atoms with Crippen molar-refractivity contribution in [3.05, 3.63) is 16.0 Å². The maximum atomic E-state index is 10.9. The molecule has 7 heteroatoms. The first-order valence-electron chi connectivity index (χ1n) is 3.15. The normalized spacial score (nSPS) is 11.6. The van der Waals surface area contributed by atoms with Gasteiger partial charge in [-0.15, -0.1) is 11.3 Å². The molecule has 0 aromatic carbocycles. The lowest BCUT2D eigenvalue weighted by Crippen LogP contribution is -2.10. The second kappa shape index (κ2) is 3.38. The minimum atomic E-state index is -3.76. The van der Waals surface area contributed by atoms with E-state index in [1.54, 1.807) is 0 Å². The van der Waals surface area contributed by atoms with Gasteiger partial charge in [-0.1, -0.05) is 11.6 Å². The Kier molecular flexibility index (Phi) is 2.76. The topological polar surface area (TPSA) is 77.2 Å². The number of carbonyl (C=O) groups is 1. The molecule has 0 amide bonds. The minimum Gasteiger partial charge on any atom is -0.294 e. The maximum Gasteiger partial charge on any atom is 0.247 e. The van der Waals surface area contributed by atoms with E-state index in [1.165, 1.54) is 13.0 Å². The Hall–Kier alpha value is -0.430. The lowest BCUT2D eigenvalue weighted by atomic mass is 10.2. The molecule has 0 aliphatic carbocycles. The molecule has 1 aromatic heterocycles. The average molecular weight is 240 g/mol. The molecule has 0 aliphatic rings. The van der Waals surface area contributed by atoms with E-state index in [0.717, 1.165) is 11.3 Å². The van der Waals surface area contributed by atoms with Gasteiger partial charge in [0.25, 0.3) is 0 Å². The highest BCUT2D eigenvalue weighted by atomic mass is 35.5. The van der Waals surface area contributed by atoms with Crippen molar-refractivity contribution < 1.29 is 13.2 Å². The van der Waals surface area contributed by atoms with Crippen LogP contribution in [0.3, 0.4) is 0 Å². The van der Waals surface area contributed by atoms with E-state index < -0.39 is 10.0 Å². The molecule has 2 N–H and O–H groups in total. The fraction of sp³-hybridized carbons (Fsp3) is 0.167. The Morgan fingerprint density at radius 1 is 1.62 bits per heavy atom. The third kappa shape index (κ3) is 2.28. The molecule has 0 saturated heterocycles. The van der Waals surface area contributed by atoms with Crippen LogP contribution in [0.15, 0.2) is 10.3 Å². The summed E-state index contributed by atoms with van der Waals surface area (Å²) in [7, 11) is -3.76. The van der Waals surface area contributed by atoms with Gasteiger partial charge in [0.05, 0.1) is 0 Å². The van der Waals surface area contributed by atoms with Gasteiger partial charge in [-0.05, 0) is 13.0 Å². The molecule has 72 valence electrons. The van der Waals surface area contributed by atoms with Gasteiger partial charge < -0.3 is 0 Å². The lowest BCUT2D eigenvalue weighted by Gasteiger charge is -1.87. The number of sulfonamides is 1. The number of hydrogen-bond acceptors (Lipinski definition) is 4. The molecule has 13 heavy (non-hydrogen) atoms. The molecule has 0 fully saturated rings. The van der Waals surface area contributed by atoms with Crippen molar-refractivity contribution in [2.24, 2.45) is 5.14 Å². The first-order valence-corrected chi connectivity index (χ1v) is 5.89. The summed E-state index contributed by atoms with van der Waals surface area (Å²) in [6.07, 6.45) is 0. The quantitative estimate of drug-likeness (QED) is 0.789. The van der Waals surface area contributed by atoms with Crippen molar-refractivity contribution in [3.63, 3.8) is 0 Å². The van der Waals surface area contributed by atoms with Gasteiger partial charge in [0.2, 0.25) is 10.0 Å². The maximum absolute atomic E-state index is 10.9. The van der Waals surface area contributed by atoms with Crippen molar-refractivity contribution in [3.8, 4) is 0 Å². The summed E-state index contributed by atoms with van der Waals surface area (Å²) in [6.45, 7) is 1.31. The highest BCUT2D eigenvalue weighted by molar-refractivity contribution is 7.91. The van der Waals surface area contributed by atoms with Crippen LogP contribution >= 0.6 is 22.9 Å². The van der Waals surface area contributed by atoms with Gasteiger partial charge in [-0.3, -0.25) is 4.79 Å². The largest absolute Gasteiger partial charge is 0.294 e. The van der Waals surface area contributed by atoms with E-state index >= 15 is 0 Å². The van der Waals surface area contributed by atoms with Crippen LogP contribution in [0.2, 0.25) is 4.34 Å². The molecule has 0 spiro atoms. The Morgan fingerprint density at radius 2 is 2.15 bits per heavy atom. The first-order chi connectivity index (χ1) is 5.82. The van der Waals surface area contributed by atoms with Crippen molar-refractivity contribution >= 4 is 38.7 Å². The molecule has 1 rings (SSSR count). The number of halogens is 1. The van der Waals surface area contributed by atoms with E-state index in [2.05, 4.69) is 0 Å². The summed E-state index contributed by atoms with van der Waals surface area (Å²) in [5, 5.41) is 4.85. The molecule has 0 unspecified atom stereocenters. The highest BCUT2D eigenvalue weighted by Gasteiger charge is 2.17. The third-order valence-electron chi connectivity index (χ3n) is 1.32. The van der Waals surface area contributed by atoms with Crippen molar-refractivity contribution in [1.82, 2.24) is 0 Å². The molecule has 0 bridgehead atoms. The van der Waals surface area contributed by atoms with Gasteiger partial charge in [-0.25, -0.2) is 13.6 Å². The fourth-order valence-corrected chi connectivity index (χ4v) is 2.96. The summed E-state index contributed by atoms with van der Waals surface area (Å²) in [4.78, 5) is 10.9. The van der Waals surface area contributed by atoms with E-state index in [9.17, 15) is 13.2 Å². The summed E-state index contributed by atoms with van der Waals surface area (Å²) in [5.74, 6) is -0.281. The summed E-state index contributed by atoms with van der Waals surface area (Å²) in [6, 6.07) is 1.19. The number of rotatable bonds is 2. The molecular weight excluding hydrogens is 234 g/mol. The van der Waals surface area contributed by atoms with Crippen LogP contribution in [0.25, 0.3) is 0 Å². The fourth-order valence-electron chi connectivity index (χ4n) is 0.728. The van der Waals surface area contributed by atoms with Crippen LogP contribution in [-0.2, 0) is 10.0 Å². The van der Waals surface area contributed by atoms with Gasteiger partial charge in [0.1, 0.15) is 8.55 Å². The van der Waals surface area contributed by atoms with E-state index in [1.807, 2.05) is 0 Å². The third-order valence-corrected chi connectivity index (χ3v) is 4.10. The number of hydrogen-bond donors (Lipinski definition) is 1. The summed E-state index contributed by atoms with van der Waals surface area (Å²) in [5.41, 5.74) is 0.190. The van der Waals surface area contributed by atoms with Crippen molar-refractivity contribution in [1.29, 1.82) is 0 Å². The van der Waals surface area contributed by atoms with Gasteiger partial charge in [-0.2, -0.15) is 0 Å². The van der Waals surface area contributed by atoms with Crippen LogP contribution < -0.4 is 5.14 Å². The second-order valence-electron chi connectivity index (χ2n) is 2.35. The predicted octanol–water partition coefficient (Wildman–Crippen LogP) is 1.25. The summed E-state index contributed by atoms with van der Waals surface area (Å²) >= 11 is 6.40. The van der Waals surface area contributed by atoms with Crippen molar-refractivity contribution in [2.45, 2.75) is 11.1 Å². The van der Waals surface area contributed by atoms with Crippen molar-refractivity contribution in [2.75, 3.05) is 0 Å². The first kappa shape index (κ1) is 10.6. The van der Waals surface area contributed by atoms with Gasteiger partial charge in [0, 0.05) is 5.56 Å². The zero-order valence-electron chi connectivity index (χ0n) is 6.57. The average Bonchev–Trinajstić information content (AvgIpc) is 2.29. The zero-order valence-corrected chi connectivity index (χ0v) is 8.96. The molecule has 0 radical (unpaired) electrons. The van der Waals surface area contributed by atoms with E-state index in [4.69, 9.17) is 16.7 Å². The molecule has 0 saturated carbocycles. The molecule has 0 atom stereocenters. The number of Topliss-reactive ketones (excluding diaryl/α,β-unsaturated/α-hetero) is 1. The molecule has 1 heterocycles. The number of ketones is 1. The number of carbonyl (C=O) groups excluding carboxylic acids is 1. The standard InChI is InChI=1S/C6H6ClNO3S2/c1-3(9)4-2-5(12-6(4)7)13(8,10)11/h2H,1H3,(H2,8,10,11). The number of thiophene rings is 1. The molecule has 4 nitrogen and oxygen atoms in total. The molecule has 0 aliphatic heterocycles. The van der Waals surface area contributed by atoms with Crippen LogP contribution in [0.1, 0.15) is 17.3 Å². The molecule has 1 aromatic rings. The number of primary sulfonamides is 1. The Morgan fingerprint density at radius 3 is 2.38 bits per heavy atom. The van der Waals surface area contributed by atoms with E-state index in [0.29, 0.717) is 0 Å². The van der Waals surface area contributed by atoms with Gasteiger partial charge >= 0.3 is 0 Å². The van der Waals surface area contributed by atoms with E-state index in [-0.39, 0.29) is 19.9 Å². The zero-order chi connectivity index (χ0) is 10.2. The monoisotopic (exact) mass is 239 g/mol. The lowest BCUT2D eigenvalue weighted by molar-refractivity contribution is 0.101. The Balaban J connectivity index is 3.33. The van der Waals surface area contributed by atoms with Crippen LogP contribution in [0, 0.1) is 0 Å². The predicted molar refractivity (Wildman–Crippen MR) is 50.7 cm³/mol. The van der Waals surface area contributed by atoms with Crippen LogP contribution in [-0.4, -0.2) is 14.2 Å². The van der Waals surface area contributed by atoms with Crippen LogP contribution in [0.5, 0.6) is 0 Å². The van der Waals surface area contributed by atoms with Crippen LogP contribution in [0.4, 0.5) is 0 Å². The van der Waals surface area contributed by atoms with Gasteiger partial charge in [0.15, 0.2) is 5.78 Å². The SMILES string of the molecule is CC(=O)c1cc(S(N)(=O)=O)sc1Cl. The summed E-state index contributed by atoms with van der Waals surface area (Å²) < 4.78 is 21.7. The highest BCUT2D eigenvalue weighted by Crippen LogP contribution is 2.30.